The first-order chi connectivity index (χ1) is 12.6. The van der Waals surface area contributed by atoms with E-state index >= 15 is 0 Å². The van der Waals surface area contributed by atoms with Gasteiger partial charge in [-0.25, -0.2) is 13.4 Å². The van der Waals surface area contributed by atoms with Gasteiger partial charge in [0.25, 0.3) is 0 Å². The molecule has 0 amide bonds. The molecule has 3 fully saturated rings. The van der Waals surface area contributed by atoms with Gasteiger partial charge in [0.1, 0.15) is 0 Å². The van der Waals surface area contributed by atoms with Crippen LogP contribution in [0.4, 0.5) is 0 Å². The molecule has 26 heavy (non-hydrogen) atoms. The normalized spacial score (nSPS) is 31.2. The zero-order valence-electron chi connectivity index (χ0n) is 15.3. The van der Waals surface area contributed by atoms with Gasteiger partial charge in [0.2, 0.25) is 0 Å². The number of nitrogens with one attached hydrogen (secondary N) is 1. The van der Waals surface area contributed by atoms with Gasteiger partial charge in [-0.2, -0.15) is 0 Å². The van der Waals surface area contributed by atoms with E-state index in [1.807, 2.05) is 0 Å². The third-order valence-electron chi connectivity index (χ3n) is 6.12. The maximum absolute atomic E-state index is 11.7. The Bertz CT molecular complexity index is 716. The Balaban J connectivity index is 1.42. The predicted octanol–water partition coefficient (Wildman–Crippen LogP) is 2.75. The molecule has 3 unspecified atom stereocenters. The SMILES string of the molecule is O=S1(=O)CCC(CNC(=NCc2cccs2)N2CC3CCCCC3C2)C1. The molecule has 1 aromatic heterocycles. The molecule has 1 N–H and O–H groups in total. The second-order valence-electron chi connectivity index (χ2n) is 8.08. The van der Waals surface area contributed by atoms with Crippen molar-refractivity contribution in [3.63, 3.8) is 0 Å². The summed E-state index contributed by atoms with van der Waals surface area (Å²) in [7, 11) is -2.82. The molecule has 7 heteroatoms. The number of aliphatic imine (C=N–C) groups is 1. The summed E-state index contributed by atoms with van der Waals surface area (Å²) >= 11 is 1.74. The third-order valence-corrected chi connectivity index (χ3v) is 8.81. The second kappa shape index (κ2) is 7.89. The van der Waals surface area contributed by atoms with E-state index in [1.54, 1.807) is 11.3 Å². The minimum absolute atomic E-state index is 0.219. The van der Waals surface area contributed by atoms with Gasteiger partial charge in [-0.15, -0.1) is 11.3 Å². The second-order valence-corrected chi connectivity index (χ2v) is 11.3. The van der Waals surface area contributed by atoms with E-state index in [-0.39, 0.29) is 5.92 Å². The van der Waals surface area contributed by atoms with Crippen LogP contribution in [0.15, 0.2) is 22.5 Å². The first kappa shape index (κ1) is 18.3. The zero-order valence-corrected chi connectivity index (χ0v) is 16.9. The summed E-state index contributed by atoms with van der Waals surface area (Å²) in [5.41, 5.74) is 0. The molecule has 0 aromatic carbocycles. The molecular weight excluding hydrogens is 366 g/mol. The van der Waals surface area contributed by atoms with Crippen LogP contribution in [0, 0.1) is 17.8 Å². The van der Waals surface area contributed by atoms with E-state index in [0.29, 0.717) is 24.6 Å². The van der Waals surface area contributed by atoms with E-state index < -0.39 is 9.84 Å². The summed E-state index contributed by atoms with van der Waals surface area (Å²) < 4.78 is 23.5. The molecule has 1 aromatic rings. The fourth-order valence-corrected chi connectivity index (χ4v) is 7.16. The van der Waals surface area contributed by atoms with E-state index in [9.17, 15) is 8.42 Å². The van der Waals surface area contributed by atoms with Gasteiger partial charge in [-0.05, 0) is 48.5 Å². The lowest BCUT2D eigenvalue weighted by Gasteiger charge is -2.23. The van der Waals surface area contributed by atoms with E-state index in [1.165, 1.54) is 30.6 Å². The molecule has 3 atom stereocenters. The lowest BCUT2D eigenvalue weighted by Crippen LogP contribution is -2.42. The summed E-state index contributed by atoms with van der Waals surface area (Å²) in [6.07, 6.45) is 6.20. The summed E-state index contributed by atoms with van der Waals surface area (Å²) in [6, 6.07) is 4.19. The molecule has 3 heterocycles. The van der Waals surface area contributed by atoms with E-state index in [2.05, 4.69) is 27.7 Å². The van der Waals surface area contributed by atoms with Crippen LogP contribution in [0.25, 0.3) is 0 Å². The lowest BCUT2D eigenvalue weighted by atomic mass is 9.82. The number of nitrogens with zero attached hydrogens (tertiary/aromatic N) is 2. The van der Waals surface area contributed by atoms with Crippen LogP contribution in [0.5, 0.6) is 0 Å². The highest BCUT2D eigenvalue weighted by Gasteiger charge is 2.36. The van der Waals surface area contributed by atoms with Crippen LogP contribution in [0.3, 0.4) is 0 Å². The van der Waals surface area contributed by atoms with Gasteiger partial charge in [0.05, 0.1) is 18.1 Å². The zero-order chi connectivity index (χ0) is 18.0. The summed E-state index contributed by atoms with van der Waals surface area (Å²) in [4.78, 5) is 8.59. The molecule has 5 nitrogen and oxygen atoms in total. The number of hydrogen-bond acceptors (Lipinski definition) is 4. The highest BCUT2D eigenvalue weighted by atomic mass is 32.2. The van der Waals surface area contributed by atoms with Crippen molar-refractivity contribution in [2.24, 2.45) is 22.7 Å². The number of fused-ring (bicyclic) bond motifs is 1. The minimum atomic E-state index is -2.82. The van der Waals surface area contributed by atoms with Crippen LogP contribution in [0.2, 0.25) is 0 Å². The third kappa shape index (κ3) is 4.42. The average molecular weight is 396 g/mol. The molecule has 1 aliphatic carbocycles. The quantitative estimate of drug-likeness (QED) is 0.629. The van der Waals surface area contributed by atoms with Crippen molar-refractivity contribution in [1.29, 1.82) is 0 Å². The van der Waals surface area contributed by atoms with Crippen molar-refractivity contribution < 1.29 is 8.42 Å². The Morgan fingerprint density at radius 2 is 2.00 bits per heavy atom. The molecular formula is C19H29N3O2S2. The summed E-state index contributed by atoms with van der Waals surface area (Å²) in [6.45, 7) is 3.62. The molecule has 3 aliphatic rings. The van der Waals surface area contributed by atoms with Crippen LogP contribution in [0.1, 0.15) is 37.0 Å². The number of thiophene rings is 1. The molecule has 144 valence electrons. The maximum Gasteiger partial charge on any atom is 0.194 e. The molecule has 0 bridgehead atoms. The van der Waals surface area contributed by atoms with Gasteiger partial charge < -0.3 is 10.2 Å². The smallest absolute Gasteiger partial charge is 0.194 e. The predicted molar refractivity (Wildman–Crippen MR) is 107 cm³/mol. The fraction of sp³-hybridized carbons (Fsp3) is 0.737. The molecule has 4 rings (SSSR count). The molecule has 1 saturated carbocycles. The summed E-state index contributed by atoms with van der Waals surface area (Å²) in [5.74, 6) is 3.49. The Labute approximate surface area is 160 Å². The van der Waals surface area contributed by atoms with Gasteiger partial charge in [0.15, 0.2) is 15.8 Å². The Kier molecular flexibility index (Phi) is 5.55. The maximum atomic E-state index is 11.7. The highest BCUT2D eigenvalue weighted by Crippen LogP contribution is 2.36. The van der Waals surface area contributed by atoms with Crippen molar-refractivity contribution in [2.45, 2.75) is 38.6 Å². The Morgan fingerprint density at radius 3 is 2.62 bits per heavy atom. The number of hydrogen-bond donors (Lipinski definition) is 1. The van der Waals surface area contributed by atoms with Gasteiger partial charge in [-0.1, -0.05) is 18.9 Å². The van der Waals surface area contributed by atoms with Crippen molar-refractivity contribution in [2.75, 3.05) is 31.1 Å². The monoisotopic (exact) mass is 395 g/mol. The number of likely N-dealkylation sites (tertiary alicyclic amines) is 1. The van der Waals surface area contributed by atoms with Crippen LogP contribution in [-0.2, 0) is 16.4 Å². The first-order valence-corrected chi connectivity index (χ1v) is 12.6. The fourth-order valence-electron chi connectivity index (χ4n) is 4.67. The van der Waals surface area contributed by atoms with Crippen molar-refractivity contribution >= 4 is 27.1 Å². The molecule has 2 saturated heterocycles. The van der Waals surface area contributed by atoms with Gasteiger partial charge in [-0.3, -0.25) is 0 Å². The standard InChI is InChI=1S/C19H29N3O2S2/c23-26(24)9-7-15(14-26)10-20-19(21-11-18-6-3-8-25-18)22-12-16-4-1-2-5-17(16)13-22/h3,6,8,15-17H,1-2,4-5,7,9-14H2,(H,20,21). The molecule has 2 aliphatic heterocycles. The molecule has 0 radical (unpaired) electrons. The van der Waals surface area contributed by atoms with E-state index in [4.69, 9.17) is 4.99 Å². The number of sulfone groups is 1. The topological polar surface area (TPSA) is 61.8 Å². The Hall–Kier alpha value is -1.08. The lowest BCUT2D eigenvalue weighted by molar-refractivity contribution is 0.299. The van der Waals surface area contributed by atoms with Crippen LogP contribution >= 0.6 is 11.3 Å². The van der Waals surface area contributed by atoms with Crippen molar-refractivity contribution in [3.05, 3.63) is 22.4 Å². The van der Waals surface area contributed by atoms with Crippen molar-refractivity contribution in [3.8, 4) is 0 Å². The average Bonchev–Trinajstić information content (AvgIpc) is 3.34. The van der Waals surface area contributed by atoms with E-state index in [0.717, 1.165) is 37.3 Å². The number of rotatable bonds is 4. The molecule has 0 spiro atoms. The number of guanidine groups is 1. The first-order valence-electron chi connectivity index (χ1n) is 9.85. The largest absolute Gasteiger partial charge is 0.356 e. The van der Waals surface area contributed by atoms with Crippen LogP contribution < -0.4 is 5.32 Å². The van der Waals surface area contributed by atoms with Crippen LogP contribution in [-0.4, -0.2) is 50.4 Å². The highest BCUT2D eigenvalue weighted by molar-refractivity contribution is 7.91. The summed E-state index contributed by atoms with van der Waals surface area (Å²) in [5, 5.41) is 5.62. The van der Waals surface area contributed by atoms with Crippen molar-refractivity contribution in [1.82, 2.24) is 10.2 Å². The van der Waals surface area contributed by atoms with Gasteiger partial charge in [0, 0.05) is 24.5 Å². The Morgan fingerprint density at radius 1 is 1.23 bits per heavy atom. The van der Waals surface area contributed by atoms with Gasteiger partial charge >= 0.3 is 0 Å². The minimum Gasteiger partial charge on any atom is -0.356 e.